The van der Waals surface area contributed by atoms with Crippen molar-refractivity contribution in [3.05, 3.63) is 46.3 Å². The van der Waals surface area contributed by atoms with E-state index in [1.54, 1.807) is 12.1 Å². The van der Waals surface area contributed by atoms with Crippen LogP contribution in [0.25, 0.3) is 0 Å². The molecule has 0 bridgehead atoms. The van der Waals surface area contributed by atoms with Crippen molar-refractivity contribution < 1.29 is 4.39 Å². The lowest BCUT2D eigenvalue weighted by Crippen LogP contribution is -2.16. The molecule has 0 aromatic heterocycles. The minimum Gasteiger partial charge on any atom is -0.320 e. The van der Waals surface area contributed by atoms with E-state index in [4.69, 9.17) is 17.3 Å². The van der Waals surface area contributed by atoms with Gasteiger partial charge in [-0.05, 0) is 43.9 Å². The number of nitrogens with two attached hydrogens (primary N) is 1. The van der Waals surface area contributed by atoms with E-state index in [0.717, 1.165) is 24.8 Å². The standard InChI is InChI=1S/C13H15ClFN/c14-10-6-7-12(15)11(8-10)13(16)9-4-2-1-3-5-9/h4,6-8,13H,1-3,5,16H2. The van der Waals surface area contributed by atoms with Crippen molar-refractivity contribution in [2.75, 3.05) is 0 Å². The van der Waals surface area contributed by atoms with Crippen LogP contribution in [0.3, 0.4) is 0 Å². The highest BCUT2D eigenvalue weighted by Gasteiger charge is 2.17. The molecule has 1 aromatic carbocycles. The van der Waals surface area contributed by atoms with Crippen molar-refractivity contribution in [2.45, 2.75) is 31.7 Å². The van der Waals surface area contributed by atoms with Crippen LogP contribution in [-0.4, -0.2) is 0 Å². The van der Waals surface area contributed by atoms with Crippen molar-refractivity contribution >= 4 is 11.6 Å². The van der Waals surface area contributed by atoms with Crippen LogP contribution in [0.15, 0.2) is 29.8 Å². The molecule has 1 atom stereocenters. The average Bonchev–Trinajstić information content (AvgIpc) is 2.32. The van der Waals surface area contributed by atoms with Gasteiger partial charge in [-0.3, -0.25) is 0 Å². The van der Waals surface area contributed by atoms with Crippen molar-refractivity contribution in [3.8, 4) is 0 Å². The van der Waals surface area contributed by atoms with Crippen molar-refractivity contribution in [3.63, 3.8) is 0 Å². The smallest absolute Gasteiger partial charge is 0.128 e. The van der Waals surface area contributed by atoms with Crippen LogP contribution in [0.1, 0.15) is 37.3 Å². The van der Waals surface area contributed by atoms with Crippen LogP contribution in [0.2, 0.25) is 5.02 Å². The van der Waals surface area contributed by atoms with E-state index < -0.39 is 0 Å². The summed E-state index contributed by atoms with van der Waals surface area (Å²) in [6.45, 7) is 0. The second kappa shape index (κ2) is 4.98. The molecule has 0 heterocycles. The normalized spacial score (nSPS) is 18.1. The average molecular weight is 240 g/mol. The molecule has 2 N–H and O–H groups in total. The minimum atomic E-state index is -0.348. The van der Waals surface area contributed by atoms with E-state index in [9.17, 15) is 4.39 Å². The van der Waals surface area contributed by atoms with E-state index in [-0.39, 0.29) is 11.9 Å². The highest BCUT2D eigenvalue weighted by molar-refractivity contribution is 6.30. The number of allylic oxidation sites excluding steroid dienone is 1. The maximum absolute atomic E-state index is 13.6. The van der Waals surface area contributed by atoms with Gasteiger partial charge in [0.05, 0.1) is 6.04 Å². The minimum absolute atomic E-state index is 0.275. The SMILES string of the molecule is NC(C1=CCCCC1)c1cc(Cl)ccc1F. The lowest BCUT2D eigenvalue weighted by molar-refractivity contribution is 0.582. The van der Waals surface area contributed by atoms with E-state index in [2.05, 4.69) is 6.08 Å². The van der Waals surface area contributed by atoms with Crippen LogP contribution in [-0.2, 0) is 0 Å². The maximum atomic E-state index is 13.6. The third kappa shape index (κ3) is 2.45. The van der Waals surface area contributed by atoms with Crippen molar-refractivity contribution in [2.24, 2.45) is 5.73 Å². The summed E-state index contributed by atoms with van der Waals surface area (Å²) in [5, 5.41) is 0.531. The van der Waals surface area contributed by atoms with Gasteiger partial charge in [-0.2, -0.15) is 0 Å². The number of hydrogen-bond donors (Lipinski definition) is 1. The number of hydrogen-bond acceptors (Lipinski definition) is 1. The Morgan fingerprint density at radius 1 is 1.31 bits per heavy atom. The van der Waals surface area contributed by atoms with Gasteiger partial charge in [0.2, 0.25) is 0 Å². The Kier molecular flexibility index (Phi) is 3.62. The Bertz CT molecular complexity index is 414. The van der Waals surface area contributed by atoms with Crippen LogP contribution in [0.5, 0.6) is 0 Å². The predicted octanol–water partition coefficient (Wildman–Crippen LogP) is 3.98. The lowest BCUT2D eigenvalue weighted by Gasteiger charge is -2.20. The van der Waals surface area contributed by atoms with E-state index >= 15 is 0 Å². The van der Waals surface area contributed by atoms with Crippen molar-refractivity contribution in [1.29, 1.82) is 0 Å². The summed E-state index contributed by atoms with van der Waals surface area (Å²) in [7, 11) is 0. The molecular weight excluding hydrogens is 225 g/mol. The molecule has 1 nitrogen and oxygen atoms in total. The van der Waals surface area contributed by atoms with Crippen LogP contribution in [0.4, 0.5) is 4.39 Å². The van der Waals surface area contributed by atoms with Gasteiger partial charge in [-0.1, -0.05) is 23.3 Å². The fourth-order valence-electron chi connectivity index (χ4n) is 2.10. The molecule has 1 unspecified atom stereocenters. The van der Waals surface area contributed by atoms with Crippen molar-refractivity contribution in [1.82, 2.24) is 0 Å². The molecule has 0 amide bonds. The Labute approximate surface area is 100 Å². The summed E-state index contributed by atoms with van der Waals surface area (Å²) in [6, 6.07) is 4.19. The molecule has 0 fully saturated rings. The molecule has 1 aliphatic carbocycles. The maximum Gasteiger partial charge on any atom is 0.128 e. The molecule has 1 aromatic rings. The first-order valence-corrected chi connectivity index (χ1v) is 5.96. The van der Waals surface area contributed by atoms with Gasteiger partial charge >= 0.3 is 0 Å². The van der Waals surface area contributed by atoms with E-state index in [1.165, 1.54) is 12.5 Å². The third-order valence-corrected chi connectivity index (χ3v) is 3.25. The highest BCUT2D eigenvalue weighted by atomic mass is 35.5. The number of benzene rings is 1. The fraction of sp³-hybridized carbons (Fsp3) is 0.385. The Balaban J connectivity index is 2.29. The second-order valence-corrected chi connectivity index (χ2v) is 4.60. The van der Waals surface area contributed by atoms with Gasteiger partial charge in [-0.15, -0.1) is 0 Å². The zero-order valence-electron chi connectivity index (χ0n) is 9.05. The highest BCUT2D eigenvalue weighted by Crippen LogP contribution is 2.30. The molecule has 0 saturated heterocycles. The predicted molar refractivity (Wildman–Crippen MR) is 64.9 cm³/mol. The molecule has 3 heteroatoms. The molecule has 0 aliphatic heterocycles. The molecule has 16 heavy (non-hydrogen) atoms. The summed E-state index contributed by atoms with van der Waals surface area (Å²) in [5.41, 5.74) is 7.70. The molecule has 0 spiro atoms. The summed E-state index contributed by atoms with van der Waals surface area (Å²) in [4.78, 5) is 0. The fourth-order valence-corrected chi connectivity index (χ4v) is 2.28. The van der Waals surface area contributed by atoms with Gasteiger partial charge in [0, 0.05) is 10.6 Å². The summed E-state index contributed by atoms with van der Waals surface area (Å²) in [5.74, 6) is -0.275. The van der Waals surface area contributed by atoms with Gasteiger partial charge in [0.25, 0.3) is 0 Å². The molecular formula is C13H15ClFN. The largest absolute Gasteiger partial charge is 0.320 e. The first-order valence-electron chi connectivity index (χ1n) is 5.58. The number of rotatable bonds is 2. The topological polar surface area (TPSA) is 26.0 Å². The molecule has 2 rings (SSSR count). The zero-order chi connectivity index (χ0) is 11.5. The van der Waals surface area contributed by atoms with Crippen LogP contribution >= 0.6 is 11.6 Å². The lowest BCUT2D eigenvalue weighted by atomic mass is 9.90. The zero-order valence-corrected chi connectivity index (χ0v) is 9.80. The Hall–Kier alpha value is -0.860. The van der Waals surface area contributed by atoms with Gasteiger partial charge in [-0.25, -0.2) is 4.39 Å². The molecule has 0 saturated carbocycles. The number of halogens is 2. The quantitative estimate of drug-likeness (QED) is 0.777. The Morgan fingerprint density at radius 3 is 2.81 bits per heavy atom. The van der Waals surface area contributed by atoms with Crippen LogP contribution in [0, 0.1) is 5.82 Å². The molecule has 86 valence electrons. The van der Waals surface area contributed by atoms with Gasteiger partial charge in [0.15, 0.2) is 0 Å². The van der Waals surface area contributed by atoms with Gasteiger partial charge in [0.1, 0.15) is 5.82 Å². The molecule has 1 aliphatic rings. The second-order valence-electron chi connectivity index (χ2n) is 4.17. The monoisotopic (exact) mass is 239 g/mol. The summed E-state index contributed by atoms with van der Waals surface area (Å²) < 4.78 is 13.6. The first kappa shape index (κ1) is 11.6. The first-order chi connectivity index (χ1) is 7.68. The molecule has 0 radical (unpaired) electrons. The third-order valence-electron chi connectivity index (χ3n) is 3.02. The van der Waals surface area contributed by atoms with Crippen LogP contribution < -0.4 is 5.73 Å². The van der Waals surface area contributed by atoms with E-state index in [0.29, 0.717) is 10.6 Å². The van der Waals surface area contributed by atoms with E-state index in [1.807, 2.05) is 0 Å². The summed E-state index contributed by atoms with van der Waals surface area (Å²) in [6.07, 6.45) is 6.49. The summed E-state index contributed by atoms with van der Waals surface area (Å²) >= 11 is 5.86. The van der Waals surface area contributed by atoms with Gasteiger partial charge < -0.3 is 5.73 Å². The Morgan fingerprint density at radius 2 is 2.12 bits per heavy atom.